The summed E-state index contributed by atoms with van der Waals surface area (Å²) in [5.41, 5.74) is 0.176. The number of nitrogens with one attached hydrogen (secondary N) is 1. The average molecular weight is 311 g/mol. The molecule has 1 aromatic rings. The van der Waals surface area contributed by atoms with Gasteiger partial charge in [0.05, 0.1) is 7.11 Å². The Bertz CT molecular complexity index is 486. The van der Waals surface area contributed by atoms with Crippen LogP contribution in [0.4, 0.5) is 0 Å². The van der Waals surface area contributed by atoms with E-state index in [2.05, 4.69) is 10.2 Å². The highest BCUT2D eigenvalue weighted by Gasteiger charge is 2.52. The lowest BCUT2D eigenvalue weighted by Crippen LogP contribution is -2.53. The van der Waals surface area contributed by atoms with Crippen molar-refractivity contribution in [2.75, 3.05) is 34.3 Å². The number of rotatable bonds is 7. The Morgan fingerprint density at radius 3 is 2.48 bits per heavy atom. The fourth-order valence-corrected chi connectivity index (χ4v) is 2.83. The Labute approximate surface area is 131 Å². The first kappa shape index (κ1) is 16.3. The molecule has 116 valence electrons. The summed E-state index contributed by atoms with van der Waals surface area (Å²) < 4.78 is 5.11. The van der Waals surface area contributed by atoms with Gasteiger partial charge >= 0.3 is 5.97 Å². The van der Waals surface area contributed by atoms with E-state index in [1.807, 2.05) is 38.4 Å². The zero-order valence-electron chi connectivity index (χ0n) is 12.9. The normalized spacial score (nSPS) is 17.6. The highest BCUT2D eigenvalue weighted by molar-refractivity contribution is 6.30. The number of carbonyl (C=O) groups excluding carboxylic acids is 1. The molecule has 21 heavy (non-hydrogen) atoms. The van der Waals surface area contributed by atoms with Crippen LogP contribution in [0, 0.1) is 5.92 Å². The number of hydrogen-bond donors (Lipinski definition) is 1. The Balaban J connectivity index is 2.31. The second-order valence-electron chi connectivity index (χ2n) is 5.81. The second-order valence-corrected chi connectivity index (χ2v) is 6.25. The first-order valence-electron chi connectivity index (χ1n) is 7.25. The third-order valence-corrected chi connectivity index (χ3v) is 4.21. The molecule has 1 saturated carbocycles. The van der Waals surface area contributed by atoms with E-state index >= 15 is 0 Å². The van der Waals surface area contributed by atoms with Gasteiger partial charge in [0.1, 0.15) is 5.54 Å². The predicted octanol–water partition coefficient (Wildman–Crippen LogP) is 2.27. The summed E-state index contributed by atoms with van der Waals surface area (Å²) in [7, 11) is 5.48. The van der Waals surface area contributed by atoms with E-state index in [0.717, 1.165) is 31.5 Å². The molecule has 0 saturated heterocycles. The predicted molar refractivity (Wildman–Crippen MR) is 84.4 cm³/mol. The molecule has 1 aliphatic carbocycles. The van der Waals surface area contributed by atoms with Gasteiger partial charge in [-0.05, 0) is 50.6 Å². The fraction of sp³-hybridized carbons (Fsp3) is 0.562. The van der Waals surface area contributed by atoms with Crippen molar-refractivity contribution in [3.05, 3.63) is 34.9 Å². The van der Waals surface area contributed by atoms with Gasteiger partial charge in [-0.2, -0.15) is 0 Å². The minimum Gasteiger partial charge on any atom is -0.467 e. The number of carbonyl (C=O) groups is 1. The van der Waals surface area contributed by atoms with Crippen LogP contribution in [0.2, 0.25) is 5.02 Å². The maximum absolute atomic E-state index is 12.5. The van der Waals surface area contributed by atoms with Crippen LogP contribution in [-0.2, 0) is 15.1 Å². The highest BCUT2D eigenvalue weighted by atomic mass is 35.5. The molecule has 4 nitrogen and oxygen atoms in total. The van der Waals surface area contributed by atoms with E-state index in [4.69, 9.17) is 16.3 Å². The first-order valence-corrected chi connectivity index (χ1v) is 7.62. The van der Waals surface area contributed by atoms with E-state index in [-0.39, 0.29) is 11.9 Å². The molecule has 1 atom stereocenters. The number of ether oxygens (including phenoxy) is 1. The van der Waals surface area contributed by atoms with E-state index in [1.54, 1.807) is 0 Å². The number of likely N-dealkylation sites (N-methyl/N-ethyl adjacent to an activating group) is 1. The number of hydrogen-bond acceptors (Lipinski definition) is 4. The third kappa shape index (κ3) is 3.57. The van der Waals surface area contributed by atoms with Gasteiger partial charge in [-0.1, -0.05) is 23.7 Å². The monoisotopic (exact) mass is 310 g/mol. The number of esters is 1. The summed E-state index contributed by atoms with van der Waals surface area (Å²) in [6, 6.07) is 7.48. The topological polar surface area (TPSA) is 41.6 Å². The van der Waals surface area contributed by atoms with E-state index < -0.39 is 5.54 Å². The van der Waals surface area contributed by atoms with Crippen LogP contribution >= 0.6 is 11.6 Å². The zero-order chi connectivity index (χ0) is 15.5. The molecular formula is C16H23ClN2O2. The lowest BCUT2D eigenvalue weighted by Gasteiger charge is -2.33. The molecule has 1 fully saturated rings. The number of halogens is 1. The van der Waals surface area contributed by atoms with Gasteiger partial charge in [-0.25, -0.2) is 4.79 Å². The van der Waals surface area contributed by atoms with Gasteiger partial charge in [0, 0.05) is 18.1 Å². The van der Waals surface area contributed by atoms with Crippen molar-refractivity contribution >= 4 is 17.6 Å². The summed E-state index contributed by atoms with van der Waals surface area (Å²) >= 11 is 5.97. The van der Waals surface area contributed by atoms with Gasteiger partial charge in [0.2, 0.25) is 0 Å². The quantitative estimate of drug-likeness (QED) is 0.785. The lowest BCUT2D eigenvalue weighted by molar-refractivity contribution is -0.150. The molecule has 0 amide bonds. The molecule has 0 heterocycles. The summed E-state index contributed by atoms with van der Waals surface area (Å²) in [5.74, 6) is 0.0689. The van der Waals surface area contributed by atoms with Gasteiger partial charge in [-0.15, -0.1) is 0 Å². The van der Waals surface area contributed by atoms with E-state index in [9.17, 15) is 4.79 Å². The number of nitrogens with zero attached hydrogens (tertiary/aromatic N) is 1. The summed E-state index contributed by atoms with van der Waals surface area (Å²) in [4.78, 5) is 14.6. The van der Waals surface area contributed by atoms with Crippen LogP contribution in [0.5, 0.6) is 0 Å². The average Bonchev–Trinajstić information content (AvgIpc) is 3.28. The van der Waals surface area contributed by atoms with E-state index in [0.29, 0.717) is 5.02 Å². The van der Waals surface area contributed by atoms with Crippen molar-refractivity contribution in [2.45, 2.75) is 18.4 Å². The molecule has 0 radical (unpaired) electrons. The number of benzene rings is 1. The standard InChI is InChI=1S/C16H23ClN2O2/c1-19(2)11-10-18-16(12-4-5-12,15(20)21-3)13-6-8-14(17)9-7-13/h6-9,12,18H,4-5,10-11H2,1-3H3. The Kier molecular flexibility index (Phi) is 5.25. The molecule has 5 heteroatoms. The first-order chi connectivity index (χ1) is 10.0. The van der Waals surface area contributed by atoms with Crippen LogP contribution in [0.15, 0.2) is 24.3 Å². The molecule has 0 aromatic heterocycles. The molecule has 1 unspecified atom stereocenters. The van der Waals surface area contributed by atoms with Crippen molar-refractivity contribution in [1.29, 1.82) is 0 Å². The molecule has 0 spiro atoms. The summed E-state index contributed by atoms with van der Waals surface area (Å²) in [6.07, 6.45) is 2.07. The molecular weight excluding hydrogens is 288 g/mol. The Hall–Kier alpha value is -1.10. The van der Waals surface area contributed by atoms with Gasteiger partial charge in [-0.3, -0.25) is 5.32 Å². The zero-order valence-corrected chi connectivity index (χ0v) is 13.6. The SMILES string of the molecule is COC(=O)C(NCCN(C)C)(c1ccc(Cl)cc1)C1CC1. The maximum Gasteiger partial charge on any atom is 0.331 e. The Morgan fingerprint density at radius 2 is 2.00 bits per heavy atom. The van der Waals surface area contributed by atoms with Gasteiger partial charge in [0.15, 0.2) is 0 Å². The van der Waals surface area contributed by atoms with E-state index in [1.165, 1.54) is 7.11 Å². The molecule has 0 bridgehead atoms. The summed E-state index contributed by atoms with van der Waals surface area (Å²) in [6.45, 7) is 1.58. The lowest BCUT2D eigenvalue weighted by atomic mass is 9.84. The van der Waals surface area contributed by atoms with Gasteiger partial charge in [0.25, 0.3) is 0 Å². The van der Waals surface area contributed by atoms with Crippen LogP contribution in [0.1, 0.15) is 18.4 Å². The molecule has 2 rings (SSSR count). The third-order valence-electron chi connectivity index (χ3n) is 3.96. The van der Waals surface area contributed by atoms with Crippen LogP contribution < -0.4 is 5.32 Å². The summed E-state index contributed by atoms with van der Waals surface area (Å²) in [5, 5.41) is 4.12. The fourth-order valence-electron chi connectivity index (χ4n) is 2.71. The van der Waals surface area contributed by atoms with Crippen molar-refractivity contribution in [2.24, 2.45) is 5.92 Å². The number of methoxy groups -OCH3 is 1. The second kappa shape index (κ2) is 6.77. The smallest absolute Gasteiger partial charge is 0.331 e. The van der Waals surface area contributed by atoms with Crippen LogP contribution in [-0.4, -0.2) is 45.2 Å². The molecule has 1 N–H and O–H groups in total. The molecule has 0 aliphatic heterocycles. The van der Waals surface area contributed by atoms with Crippen molar-refractivity contribution in [3.8, 4) is 0 Å². The maximum atomic E-state index is 12.5. The minimum atomic E-state index is -0.755. The highest BCUT2D eigenvalue weighted by Crippen LogP contribution is 2.46. The largest absolute Gasteiger partial charge is 0.467 e. The van der Waals surface area contributed by atoms with Crippen molar-refractivity contribution in [1.82, 2.24) is 10.2 Å². The van der Waals surface area contributed by atoms with Crippen LogP contribution in [0.3, 0.4) is 0 Å². The van der Waals surface area contributed by atoms with Crippen molar-refractivity contribution in [3.63, 3.8) is 0 Å². The van der Waals surface area contributed by atoms with Crippen LogP contribution in [0.25, 0.3) is 0 Å². The minimum absolute atomic E-state index is 0.217. The van der Waals surface area contributed by atoms with Gasteiger partial charge < -0.3 is 9.64 Å². The Morgan fingerprint density at radius 1 is 1.38 bits per heavy atom. The molecule has 1 aliphatic rings. The molecule has 1 aromatic carbocycles. The van der Waals surface area contributed by atoms with Crippen molar-refractivity contribution < 1.29 is 9.53 Å².